The maximum atomic E-state index is 11.3. The summed E-state index contributed by atoms with van der Waals surface area (Å²) >= 11 is 1.50. The fourth-order valence-electron chi connectivity index (χ4n) is 0.944. The van der Waals surface area contributed by atoms with Crippen LogP contribution in [0.4, 0.5) is 0 Å². The van der Waals surface area contributed by atoms with Crippen LogP contribution >= 0.6 is 11.8 Å². The fraction of sp³-hybridized carbons (Fsp3) is 0.667. The van der Waals surface area contributed by atoms with Crippen LogP contribution in [0.2, 0.25) is 0 Å². The fourth-order valence-corrected chi connectivity index (χ4v) is 1.70. The molecule has 3 nitrogen and oxygen atoms in total. The van der Waals surface area contributed by atoms with Gasteiger partial charge in [-0.1, -0.05) is 0 Å². The Hall–Kier alpha value is -0.480. The Morgan fingerprint density at radius 1 is 1.54 bits per heavy atom. The van der Waals surface area contributed by atoms with Gasteiger partial charge in [0.1, 0.15) is 6.61 Å². The van der Waals surface area contributed by atoms with E-state index in [2.05, 4.69) is 0 Å². The lowest BCUT2D eigenvalue weighted by atomic mass is 10.3. The average Bonchev–Trinajstić information content (AvgIpc) is 2.43. The molecule has 0 amide bonds. The summed E-state index contributed by atoms with van der Waals surface area (Å²) in [7, 11) is 0. The van der Waals surface area contributed by atoms with Crippen molar-refractivity contribution in [2.75, 3.05) is 19.8 Å². The van der Waals surface area contributed by atoms with Crippen LogP contribution in [-0.2, 0) is 14.3 Å². The Kier molecular flexibility index (Phi) is 4.32. The van der Waals surface area contributed by atoms with Crippen LogP contribution in [0.5, 0.6) is 0 Å². The van der Waals surface area contributed by atoms with Gasteiger partial charge in [0.15, 0.2) is 5.76 Å². The molecule has 4 heteroatoms. The molecule has 1 rings (SSSR count). The van der Waals surface area contributed by atoms with Crippen LogP contribution in [0.15, 0.2) is 11.2 Å². The molecule has 0 saturated heterocycles. The van der Waals surface area contributed by atoms with Gasteiger partial charge in [0.25, 0.3) is 0 Å². The monoisotopic (exact) mass is 202 g/mol. The first-order valence-electron chi connectivity index (χ1n) is 4.36. The Bertz CT molecular complexity index is 213. The molecule has 1 atom stereocenters. The van der Waals surface area contributed by atoms with Crippen LogP contribution in [0.3, 0.4) is 0 Å². The van der Waals surface area contributed by atoms with Gasteiger partial charge in [0.05, 0.1) is 11.9 Å². The molecule has 0 aliphatic carbocycles. The number of ketones is 1. The molecule has 1 aliphatic heterocycles. The second-order valence-electron chi connectivity index (χ2n) is 2.67. The topological polar surface area (TPSA) is 35.5 Å². The summed E-state index contributed by atoms with van der Waals surface area (Å²) in [6.45, 7) is 5.49. The van der Waals surface area contributed by atoms with Gasteiger partial charge >= 0.3 is 0 Å². The van der Waals surface area contributed by atoms with Gasteiger partial charge in [-0.2, -0.15) is 0 Å². The minimum Gasteiger partial charge on any atom is -0.487 e. The Labute approximate surface area is 82.5 Å². The van der Waals surface area contributed by atoms with Crippen molar-refractivity contribution in [3.05, 3.63) is 11.2 Å². The molecule has 0 bridgehead atoms. The van der Waals surface area contributed by atoms with Crippen LogP contribution < -0.4 is 0 Å². The van der Waals surface area contributed by atoms with Crippen molar-refractivity contribution in [3.63, 3.8) is 0 Å². The Balaban J connectivity index is 2.19. The predicted molar refractivity (Wildman–Crippen MR) is 52.6 cm³/mol. The summed E-state index contributed by atoms with van der Waals surface area (Å²) in [5.74, 6) is 0.568. The molecule has 74 valence electrons. The number of Topliss-reactive ketones (excluding diaryl/α,β-unsaturated/α-hetero) is 1. The lowest BCUT2D eigenvalue weighted by Crippen LogP contribution is -2.13. The number of ether oxygens (including phenoxy) is 2. The van der Waals surface area contributed by atoms with Crippen molar-refractivity contribution in [2.24, 2.45) is 0 Å². The van der Waals surface area contributed by atoms with Gasteiger partial charge < -0.3 is 9.47 Å². The van der Waals surface area contributed by atoms with E-state index in [4.69, 9.17) is 9.47 Å². The minimum absolute atomic E-state index is 0.0158. The van der Waals surface area contributed by atoms with E-state index < -0.39 is 0 Å². The number of thioether (sulfide) groups is 1. The lowest BCUT2D eigenvalue weighted by Gasteiger charge is -2.05. The van der Waals surface area contributed by atoms with Crippen LogP contribution in [-0.4, -0.2) is 30.9 Å². The molecule has 0 N–H and O–H groups in total. The number of carbonyl (C=O) groups excluding carboxylic acids is 1. The van der Waals surface area contributed by atoms with Crippen molar-refractivity contribution in [1.82, 2.24) is 0 Å². The second kappa shape index (κ2) is 5.29. The van der Waals surface area contributed by atoms with Crippen molar-refractivity contribution in [1.29, 1.82) is 0 Å². The van der Waals surface area contributed by atoms with Gasteiger partial charge in [-0.05, 0) is 13.8 Å². The highest BCUT2D eigenvalue weighted by molar-refractivity contribution is 8.03. The van der Waals surface area contributed by atoms with Crippen LogP contribution in [0.1, 0.15) is 13.8 Å². The zero-order chi connectivity index (χ0) is 9.68. The summed E-state index contributed by atoms with van der Waals surface area (Å²) in [4.78, 5) is 11.3. The van der Waals surface area contributed by atoms with Crippen LogP contribution in [0.25, 0.3) is 0 Å². The summed E-state index contributed by atoms with van der Waals surface area (Å²) in [6.07, 6.45) is 0. The standard InChI is InChI=1S/C9H14O3S/c1-3-11-4-5-12-8-6-13-7(2)9(8)10/h6-7H,3-5H2,1-2H3. The normalized spacial score (nSPS) is 21.8. The number of rotatable bonds is 5. The quantitative estimate of drug-likeness (QED) is 0.634. The summed E-state index contributed by atoms with van der Waals surface area (Å²) in [6, 6.07) is 0. The van der Waals surface area contributed by atoms with E-state index in [1.54, 1.807) is 5.41 Å². The smallest absolute Gasteiger partial charge is 0.210 e. The maximum absolute atomic E-state index is 11.3. The van der Waals surface area contributed by atoms with Crippen LogP contribution in [0, 0.1) is 0 Å². The average molecular weight is 202 g/mol. The van der Waals surface area contributed by atoms with E-state index in [0.717, 1.165) is 0 Å². The van der Waals surface area contributed by atoms with E-state index >= 15 is 0 Å². The van der Waals surface area contributed by atoms with Crippen molar-refractivity contribution in [2.45, 2.75) is 19.1 Å². The molecule has 13 heavy (non-hydrogen) atoms. The molecule has 0 spiro atoms. The number of allylic oxidation sites excluding steroid dienone is 1. The minimum atomic E-state index is 0.0158. The Morgan fingerprint density at radius 3 is 2.85 bits per heavy atom. The summed E-state index contributed by atoms with van der Waals surface area (Å²) in [5.41, 5.74) is 0. The molecule has 0 aromatic rings. The third-order valence-electron chi connectivity index (χ3n) is 1.68. The van der Waals surface area contributed by atoms with E-state index in [0.29, 0.717) is 25.6 Å². The molecular formula is C9H14O3S. The molecule has 0 fully saturated rings. The van der Waals surface area contributed by atoms with E-state index in [1.807, 2.05) is 13.8 Å². The van der Waals surface area contributed by atoms with Gasteiger partial charge in [0.2, 0.25) is 5.78 Å². The largest absolute Gasteiger partial charge is 0.487 e. The van der Waals surface area contributed by atoms with E-state index in [9.17, 15) is 4.79 Å². The molecule has 0 radical (unpaired) electrons. The molecule has 1 heterocycles. The lowest BCUT2D eigenvalue weighted by molar-refractivity contribution is -0.118. The van der Waals surface area contributed by atoms with E-state index in [1.165, 1.54) is 11.8 Å². The third-order valence-corrected chi connectivity index (χ3v) is 2.65. The highest BCUT2D eigenvalue weighted by Gasteiger charge is 2.25. The van der Waals surface area contributed by atoms with Gasteiger partial charge in [-0.15, -0.1) is 11.8 Å². The zero-order valence-electron chi connectivity index (χ0n) is 7.91. The van der Waals surface area contributed by atoms with Crippen molar-refractivity contribution < 1.29 is 14.3 Å². The first-order valence-corrected chi connectivity index (χ1v) is 5.30. The van der Waals surface area contributed by atoms with Gasteiger partial charge in [-0.25, -0.2) is 0 Å². The number of hydrogen-bond acceptors (Lipinski definition) is 4. The van der Waals surface area contributed by atoms with E-state index in [-0.39, 0.29) is 11.0 Å². The Morgan fingerprint density at radius 2 is 2.31 bits per heavy atom. The van der Waals surface area contributed by atoms with Crippen molar-refractivity contribution in [3.8, 4) is 0 Å². The first-order chi connectivity index (χ1) is 6.25. The highest BCUT2D eigenvalue weighted by atomic mass is 32.2. The molecule has 1 unspecified atom stereocenters. The predicted octanol–water partition coefficient (Wildman–Crippen LogP) is 1.59. The molecule has 0 aromatic heterocycles. The molecular weight excluding hydrogens is 188 g/mol. The SMILES string of the molecule is CCOCCOC1=CSC(C)C1=O. The number of hydrogen-bond donors (Lipinski definition) is 0. The summed E-state index contributed by atoms with van der Waals surface area (Å²) in [5, 5.41) is 1.79. The third kappa shape index (κ3) is 3.04. The summed E-state index contributed by atoms with van der Waals surface area (Å²) < 4.78 is 10.3. The molecule has 0 aromatic carbocycles. The highest BCUT2D eigenvalue weighted by Crippen LogP contribution is 2.26. The second-order valence-corrected chi connectivity index (χ2v) is 3.89. The zero-order valence-corrected chi connectivity index (χ0v) is 8.73. The molecule has 1 aliphatic rings. The van der Waals surface area contributed by atoms with Gasteiger partial charge in [-0.3, -0.25) is 4.79 Å². The maximum Gasteiger partial charge on any atom is 0.210 e. The van der Waals surface area contributed by atoms with Crippen molar-refractivity contribution >= 4 is 17.5 Å². The number of carbonyl (C=O) groups is 1. The molecule has 0 saturated carbocycles. The first kappa shape index (κ1) is 10.6. The van der Waals surface area contributed by atoms with Gasteiger partial charge in [0, 0.05) is 12.0 Å².